The molecule has 0 saturated carbocycles. The predicted octanol–water partition coefficient (Wildman–Crippen LogP) is 2.74. The van der Waals surface area contributed by atoms with Gasteiger partial charge in [-0.2, -0.15) is 0 Å². The van der Waals surface area contributed by atoms with Crippen molar-refractivity contribution in [1.82, 2.24) is 0 Å². The first-order valence-corrected chi connectivity index (χ1v) is 7.30. The molecule has 0 N–H and O–H groups in total. The van der Waals surface area contributed by atoms with Gasteiger partial charge in [0.15, 0.2) is 0 Å². The van der Waals surface area contributed by atoms with Crippen LogP contribution in [-0.2, 0) is 11.2 Å². The Morgan fingerprint density at radius 3 is 2.60 bits per heavy atom. The summed E-state index contributed by atoms with van der Waals surface area (Å²) in [6.45, 7) is 0. The Morgan fingerprint density at radius 2 is 1.93 bits per heavy atom. The van der Waals surface area contributed by atoms with Crippen molar-refractivity contribution in [3.05, 3.63) is 28.7 Å². The van der Waals surface area contributed by atoms with Crippen LogP contribution in [0.1, 0.15) is 12.8 Å². The highest BCUT2D eigenvalue weighted by Gasteiger charge is 2.23. The van der Waals surface area contributed by atoms with Crippen molar-refractivity contribution >= 4 is 27.1 Å². The number of hydrogen-bond donors (Lipinski definition) is 0. The maximum absolute atomic E-state index is 11.2. The average Bonchev–Trinajstić information content (AvgIpc) is 2.25. The molecule has 1 aliphatic rings. The van der Waals surface area contributed by atoms with Crippen LogP contribution in [0.2, 0.25) is 0 Å². The molecular weight excluding hydrogens is 276 g/mol. The quantitative estimate of drug-likeness (QED) is 0.784. The summed E-state index contributed by atoms with van der Waals surface area (Å²) in [5.41, 5.74) is 0. The van der Waals surface area contributed by atoms with Gasteiger partial charge >= 0.3 is 0 Å². The van der Waals surface area contributed by atoms with Gasteiger partial charge in [0.1, 0.15) is 23.4 Å². The van der Waals surface area contributed by atoms with Crippen LogP contribution in [0.25, 0.3) is 0 Å². The lowest BCUT2D eigenvalue weighted by Crippen LogP contribution is -2.30. The fourth-order valence-electron chi connectivity index (χ4n) is 1.61. The van der Waals surface area contributed by atoms with Crippen LogP contribution in [0.15, 0.2) is 28.7 Å². The van der Waals surface area contributed by atoms with Crippen molar-refractivity contribution in [2.24, 2.45) is 0 Å². The number of para-hydroxylation sites is 1. The minimum absolute atomic E-state index is 0.224. The Kier molecular flexibility index (Phi) is 3.94. The highest BCUT2D eigenvalue weighted by Crippen LogP contribution is 2.27. The fraction of sp³-hybridized carbons (Fsp3) is 0.455. The van der Waals surface area contributed by atoms with Gasteiger partial charge in [0.25, 0.3) is 0 Å². The highest BCUT2D eigenvalue weighted by atomic mass is 79.9. The minimum Gasteiger partial charge on any atom is -0.616 e. The average molecular weight is 289 g/mol. The van der Waals surface area contributed by atoms with E-state index in [4.69, 9.17) is 4.74 Å². The molecule has 1 heterocycles. The Bertz CT molecular complexity index is 324. The molecule has 0 spiro atoms. The summed E-state index contributed by atoms with van der Waals surface area (Å²) in [7, 11) is 0. The number of ether oxygens (including phenoxy) is 1. The first-order valence-electron chi connectivity index (χ1n) is 5.02. The molecule has 1 saturated heterocycles. The maximum atomic E-state index is 11.2. The van der Waals surface area contributed by atoms with E-state index in [9.17, 15) is 4.55 Å². The van der Waals surface area contributed by atoms with Crippen molar-refractivity contribution < 1.29 is 9.29 Å². The monoisotopic (exact) mass is 288 g/mol. The van der Waals surface area contributed by atoms with E-state index >= 15 is 0 Å². The van der Waals surface area contributed by atoms with Gasteiger partial charge in [-0.3, -0.25) is 0 Å². The Balaban J connectivity index is 1.95. The zero-order valence-electron chi connectivity index (χ0n) is 8.32. The second-order valence-corrected chi connectivity index (χ2v) is 6.15. The van der Waals surface area contributed by atoms with Crippen LogP contribution < -0.4 is 4.74 Å². The lowest BCUT2D eigenvalue weighted by Gasteiger charge is -2.25. The summed E-state index contributed by atoms with van der Waals surface area (Å²) in [5.74, 6) is 2.43. The molecule has 82 valence electrons. The van der Waals surface area contributed by atoms with Gasteiger partial charge in [0.05, 0.1) is 4.47 Å². The van der Waals surface area contributed by atoms with Gasteiger partial charge in [0, 0.05) is 12.8 Å². The van der Waals surface area contributed by atoms with Crippen LogP contribution >= 0.6 is 15.9 Å². The van der Waals surface area contributed by atoms with E-state index in [1.165, 1.54) is 0 Å². The Morgan fingerprint density at radius 1 is 1.27 bits per heavy atom. The smallest absolute Gasteiger partial charge is 0.133 e. The molecular formula is C11H13BrO2S. The topological polar surface area (TPSA) is 32.3 Å². The van der Waals surface area contributed by atoms with E-state index < -0.39 is 11.2 Å². The molecule has 0 aliphatic carbocycles. The Labute approximate surface area is 101 Å². The number of benzene rings is 1. The van der Waals surface area contributed by atoms with E-state index in [0.29, 0.717) is 0 Å². The molecule has 2 nitrogen and oxygen atoms in total. The highest BCUT2D eigenvalue weighted by molar-refractivity contribution is 9.10. The van der Waals surface area contributed by atoms with E-state index in [2.05, 4.69) is 15.9 Å². The number of halogens is 1. The molecule has 15 heavy (non-hydrogen) atoms. The van der Waals surface area contributed by atoms with E-state index in [0.717, 1.165) is 34.6 Å². The summed E-state index contributed by atoms with van der Waals surface area (Å²) >= 11 is 2.83. The third kappa shape index (κ3) is 3.13. The molecule has 0 atom stereocenters. The van der Waals surface area contributed by atoms with Gasteiger partial charge in [-0.15, -0.1) is 0 Å². The van der Waals surface area contributed by atoms with E-state index in [-0.39, 0.29) is 6.10 Å². The van der Waals surface area contributed by atoms with Gasteiger partial charge in [-0.05, 0) is 28.1 Å². The normalized spacial score (nSPS) is 26.3. The van der Waals surface area contributed by atoms with Crippen LogP contribution in [0.3, 0.4) is 0 Å². The Hall–Kier alpha value is -0.190. The van der Waals surface area contributed by atoms with Gasteiger partial charge in [-0.1, -0.05) is 23.3 Å². The molecule has 0 radical (unpaired) electrons. The summed E-state index contributed by atoms with van der Waals surface area (Å²) in [4.78, 5) is 0. The summed E-state index contributed by atoms with van der Waals surface area (Å²) < 4.78 is 18.0. The summed E-state index contributed by atoms with van der Waals surface area (Å²) in [6.07, 6.45) is 2.02. The van der Waals surface area contributed by atoms with Gasteiger partial charge < -0.3 is 9.29 Å². The molecule has 1 fully saturated rings. The lowest BCUT2D eigenvalue weighted by atomic mass is 10.2. The van der Waals surface area contributed by atoms with Crippen LogP contribution in [0.5, 0.6) is 5.75 Å². The van der Waals surface area contributed by atoms with E-state index in [1.54, 1.807) is 0 Å². The van der Waals surface area contributed by atoms with Crippen molar-refractivity contribution in [3.8, 4) is 5.75 Å². The molecule has 1 aliphatic heterocycles. The van der Waals surface area contributed by atoms with Crippen molar-refractivity contribution in [3.63, 3.8) is 0 Å². The van der Waals surface area contributed by atoms with Crippen LogP contribution in [0.4, 0.5) is 0 Å². The fourth-order valence-corrected chi connectivity index (χ4v) is 3.24. The SMILES string of the molecule is [O-][S+]1CCC(Oc2ccccc2Br)CC1. The van der Waals surface area contributed by atoms with Gasteiger partial charge in [-0.25, -0.2) is 0 Å². The zero-order valence-corrected chi connectivity index (χ0v) is 10.7. The molecule has 0 unspecified atom stereocenters. The second-order valence-electron chi connectivity index (χ2n) is 3.60. The molecule has 0 aromatic heterocycles. The van der Waals surface area contributed by atoms with Crippen molar-refractivity contribution in [1.29, 1.82) is 0 Å². The standard InChI is InChI=1S/C11H13BrO2S/c12-10-3-1-2-4-11(10)14-9-5-7-15(13)8-6-9/h1-4,9H,5-8H2. The van der Waals surface area contributed by atoms with Crippen molar-refractivity contribution in [2.75, 3.05) is 11.5 Å². The molecule has 0 amide bonds. The van der Waals surface area contributed by atoms with E-state index in [1.807, 2.05) is 24.3 Å². The molecule has 4 heteroatoms. The molecule has 2 rings (SSSR count). The first-order chi connectivity index (χ1) is 7.25. The van der Waals surface area contributed by atoms with Crippen LogP contribution in [0, 0.1) is 0 Å². The molecule has 1 aromatic rings. The summed E-state index contributed by atoms with van der Waals surface area (Å²) in [6, 6.07) is 7.85. The first kappa shape index (κ1) is 11.3. The molecule has 0 bridgehead atoms. The predicted molar refractivity (Wildman–Crippen MR) is 65.7 cm³/mol. The minimum atomic E-state index is -0.616. The van der Waals surface area contributed by atoms with Crippen molar-refractivity contribution in [2.45, 2.75) is 18.9 Å². The summed E-state index contributed by atoms with van der Waals surface area (Å²) in [5, 5.41) is 0. The number of rotatable bonds is 2. The van der Waals surface area contributed by atoms with Crippen LogP contribution in [-0.4, -0.2) is 22.2 Å². The zero-order chi connectivity index (χ0) is 10.7. The maximum Gasteiger partial charge on any atom is 0.133 e. The number of hydrogen-bond acceptors (Lipinski definition) is 2. The second kappa shape index (κ2) is 5.23. The third-order valence-corrected chi connectivity index (χ3v) is 4.50. The largest absolute Gasteiger partial charge is 0.616 e. The third-order valence-electron chi connectivity index (χ3n) is 2.47. The molecule has 1 aromatic carbocycles. The van der Waals surface area contributed by atoms with Gasteiger partial charge in [0.2, 0.25) is 0 Å². The lowest BCUT2D eigenvalue weighted by molar-refractivity contribution is 0.188.